The summed E-state index contributed by atoms with van der Waals surface area (Å²) in [7, 11) is -3.54. The summed E-state index contributed by atoms with van der Waals surface area (Å²) in [6.45, 7) is 0.116. The molecule has 2 N–H and O–H groups in total. The Labute approximate surface area is 238 Å². The predicted octanol–water partition coefficient (Wildman–Crippen LogP) is 4.12. The number of amides is 2. The van der Waals surface area contributed by atoms with Crippen molar-refractivity contribution in [3.8, 4) is 0 Å². The van der Waals surface area contributed by atoms with Crippen molar-refractivity contribution in [2.24, 2.45) is 0 Å². The minimum Gasteiger partial charge on any atom is -0.326 e. The third-order valence-corrected chi connectivity index (χ3v) is 8.44. The van der Waals surface area contributed by atoms with Crippen LogP contribution in [0.15, 0.2) is 73.1 Å². The highest BCUT2D eigenvalue weighted by Gasteiger charge is 2.49. The zero-order valence-corrected chi connectivity index (χ0v) is 23.6. The summed E-state index contributed by atoms with van der Waals surface area (Å²) in [6, 6.07) is 16.1. The van der Waals surface area contributed by atoms with Crippen LogP contribution in [-0.2, 0) is 26.3 Å². The lowest BCUT2D eigenvalue weighted by Crippen LogP contribution is -2.59. The third-order valence-electron chi connectivity index (χ3n) is 7.46. The zero-order chi connectivity index (χ0) is 28.3. The van der Waals surface area contributed by atoms with Crippen molar-refractivity contribution < 1.29 is 22.8 Å². The molecule has 5 rings (SSSR count). The van der Waals surface area contributed by atoms with Crippen LogP contribution in [0, 0.1) is 0 Å². The molecular weight excluding hydrogens is 552 g/mol. The van der Waals surface area contributed by atoms with Crippen molar-refractivity contribution in [3.05, 3.63) is 100 Å². The Hall–Kier alpha value is -3.31. The van der Waals surface area contributed by atoms with Gasteiger partial charge < -0.3 is 4.90 Å². The number of fused-ring (bicyclic) bond motifs is 1. The molecule has 1 aliphatic heterocycles. The maximum atomic E-state index is 14.2. The molecule has 0 unspecified atom stereocenters. The van der Waals surface area contributed by atoms with Gasteiger partial charge in [0.15, 0.2) is 0 Å². The summed E-state index contributed by atoms with van der Waals surface area (Å²) in [5, 5.41) is 0.521. The minimum absolute atomic E-state index is 0.116. The maximum absolute atomic E-state index is 14.2. The largest absolute Gasteiger partial charge is 0.326 e. The Morgan fingerprint density at radius 2 is 1.82 bits per heavy atom. The van der Waals surface area contributed by atoms with Crippen LogP contribution in [0.3, 0.4) is 0 Å². The Morgan fingerprint density at radius 3 is 2.55 bits per heavy atom. The number of aromatic nitrogens is 1. The van der Waals surface area contributed by atoms with Crippen LogP contribution in [0.1, 0.15) is 64.7 Å². The number of rotatable bonds is 8. The molecular formula is C29H31ClN4O5S. The van der Waals surface area contributed by atoms with Crippen molar-refractivity contribution in [3.63, 3.8) is 0 Å². The molecule has 40 heavy (non-hydrogen) atoms. The second-order valence-corrected chi connectivity index (χ2v) is 12.5. The van der Waals surface area contributed by atoms with Gasteiger partial charge in [0.25, 0.3) is 11.8 Å². The Balaban J connectivity index is 1.57. The molecule has 0 radical (unpaired) electrons. The highest BCUT2D eigenvalue weighted by molar-refractivity contribution is 7.88. The molecule has 4 atom stereocenters. The van der Waals surface area contributed by atoms with Gasteiger partial charge in [-0.1, -0.05) is 60.8 Å². The highest BCUT2D eigenvalue weighted by atomic mass is 35.5. The molecule has 2 aliphatic rings. The quantitative estimate of drug-likeness (QED) is 0.386. The monoisotopic (exact) mass is 582 g/mol. The molecule has 1 fully saturated rings. The van der Waals surface area contributed by atoms with Crippen LogP contribution < -0.4 is 10.2 Å². The molecule has 0 spiro atoms. The van der Waals surface area contributed by atoms with Gasteiger partial charge in [0.1, 0.15) is 6.61 Å². The first kappa shape index (κ1) is 28.2. The lowest BCUT2D eigenvalue weighted by atomic mass is 9.76. The number of hydroxylamine groups is 1. The van der Waals surface area contributed by atoms with Gasteiger partial charge >= 0.3 is 0 Å². The summed E-state index contributed by atoms with van der Waals surface area (Å²) in [5.41, 5.74) is 5.08. The zero-order valence-electron chi connectivity index (χ0n) is 22.0. The molecule has 1 aliphatic carbocycles. The van der Waals surface area contributed by atoms with Crippen molar-refractivity contribution in [2.45, 2.75) is 56.3 Å². The van der Waals surface area contributed by atoms with Crippen LogP contribution in [0.25, 0.3) is 0 Å². The van der Waals surface area contributed by atoms with Gasteiger partial charge in [-0.25, -0.2) is 18.6 Å². The third kappa shape index (κ3) is 6.20. The second kappa shape index (κ2) is 12.1. The van der Waals surface area contributed by atoms with E-state index in [1.807, 2.05) is 6.07 Å². The normalized spacial score (nSPS) is 22.9. The lowest BCUT2D eigenvalue weighted by molar-refractivity contribution is -0.138. The summed E-state index contributed by atoms with van der Waals surface area (Å²) in [4.78, 5) is 39.5. The molecule has 11 heteroatoms. The summed E-state index contributed by atoms with van der Waals surface area (Å²) in [5.74, 6) is -1.50. The van der Waals surface area contributed by atoms with E-state index >= 15 is 0 Å². The van der Waals surface area contributed by atoms with E-state index in [4.69, 9.17) is 16.4 Å². The smallest absolute Gasteiger partial charge is 0.255 e. The Bertz CT molecular complexity index is 1470. The number of benzene rings is 2. The van der Waals surface area contributed by atoms with Crippen molar-refractivity contribution in [2.75, 3.05) is 6.26 Å². The Kier molecular flexibility index (Phi) is 8.51. The average Bonchev–Trinajstić information content (AvgIpc) is 2.94. The first-order valence-electron chi connectivity index (χ1n) is 13.2. The number of hydrogen-bond acceptors (Lipinski definition) is 6. The van der Waals surface area contributed by atoms with E-state index in [9.17, 15) is 18.0 Å². The molecule has 3 aromatic rings. The number of carbonyl (C=O) groups is 2. The van der Waals surface area contributed by atoms with Gasteiger partial charge in [0.2, 0.25) is 10.0 Å². The van der Waals surface area contributed by atoms with Crippen LogP contribution in [-0.4, -0.2) is 48.5 Å². The van der Waals surface area contributed by atoms with Crippen LogP contribution in [0.2, 0.25) is 5.02 Å². The van der Waals surface area contributed by atoms with Crippen LogP contribution >= 0.6 is 11.6 Å². The first-order chi connectivity index (χ1) is 19.2. The topological polar surface area (TPSA) is 118 Å². The molecule has 9 nitrogen and oxygen atoms in total. The van der Waals surface area contributed by atoms with Gasteiger partial charge in [-0.15, -0.1) is 0 Å². The highest BCUT2D eigenvalue weighted by Crippen LogP contribution is 2.46. The molecule has 0 bridgehead atoms. The fourth-order valence-corrected chi connectivity index (χ4v) is 6.76. The second-order valence-electron chi connectivity index (χ2n) is 10.2. The Morgan fingerprint density at radius 1 is 1.07 bits per heavy atom. The number of sulfonamides is 1. The number of pyridine rings is 1. The molecule has 2 amide bonds. The molecule has 2 aromatic carbocycles. The van der Waals surface area contributed by atoms with Gasteiger partial charge in [-0.3, -0.25) is 19.4 Å². The molecule has 210 valence electrons. The van der Waals surface area contributed by atoms with E-state index in [0.717, 1.165) is 24.7 Å². The van der Waals surface area contributed by atoms with Crippen LogP contribution in [0.5, 0.6) is 0 Å². The van der Waals surface area contributed by atoms with E-state index < -0.39 is 40.0 Å². The van der Waals surface area contributed by atoms with E-state index in [2.05, 4.69) is 15.2 Å². The van der Waals surface area contributed by atoms with Crippen molar-refractivity contribution in [1.82, 2.24) is 20.1 Å². The summed E-state index contributed by atoms with van der Waals surface area (Å²) < 4.78 is 27.3. The molecule has 0 saturated heterocycles. The number of carbonyl (C=O) groups excluding carboxylic acids is 2. The fourth-order valence-electron chi connectivity index (χ4n) is 5.81. The minimum atomic E-state index is -3.54. The lowest BCUT2D eigenvalue weighted by Gasteiger charge is -2.49. The van der Waals surface area contributed by atoms with Gasteiger partial charge in [0, 0.05) is 35.1 Å². The SMILES string of the molecule is CS(=O)(=O)N[C@H]1CCCC[C@@H]1N1C(=O)c2ccccc2[C@@H](C(=O)NOCc2cccnc2)[C@@H]1c1ccc(Cl)cc1. The van der Waals surface area contributed by atoms with Crippen LogP contribution in [0.4, 0.5) is 0 Å². The van der Waals surface area contributed by atoms with E-state index in [1.165, 1.54) is 0 Å². The first-order valence-corrected chi connectivity index (χ1v) is 15.4. The summed E-state index contributed by atoms with van der Waals surface area (Å²) in [6.07, 6.45) is 7.27. The average molecular weight is 583 g/mol. The van der Waals surface area contributed by atoms with E-state index in [-0.39, 0.29) is 12.5 Å². The van der Waals surface area contributed by atoms with Gasteiger partial charge in [-0.05, 0) is 53.8 Å². The molecule has 1 aromatic heterocycles. The van der Waals surface area contributed by atoms with E-state index in [0.29, 0.717) is 34.6 Å². The standard InChI is InChI=1S/C29H31ClN4O5S/c1-40(37,38)33-24-10-4-5-11-25(24)34-27(20-12-14-21(30)15-13-20)26(22-8-2-3-9-23(22)29(34)36)28(35)32-39-18-19-7-6-16-31-17-19/h2-3,6-9,12-17,24-27,33H,4-5,10-11,18H2,1H3,(H,32,35)/t24-,25-,26+,27-/m0/s1. The number of halogens is 1. The van der Waals surface area contributed by atoms with Gasteiger partial charge in [-0.2, -0.15) is 0 Å². The van der Waals surface area contributed by atoms with Gasteiger partial charge in [0.05, 0.1) is 18.2 Å². The maximum Gasteiger partial charge on any atom is 0.255 e. The predicted molar refractivity (Wildman–Crippen MR) is 151 cm³/mol. The van der Waals surface area contributed by atoms with E-state index in [1.54, 1.807) is 71.9 Å². The number of nitrogens with zero attached hydrogens (tertiary/aromatic N) is 2. The number of nitrogens with one attached hydrogen (secondary N) is 2. The van der Waals surface area contributed by atoms with Crippen molar-refractivity contribution >= 4 is 33.4 Å². The molecule has 1 saturated carbocycles. The molecule has 2 heterocycles. The van der Waals surface area contributed by atoms with Crippen molar-refractivity contribution in [1.29, 1.82) is 0 Å². The summed E-state index contributed by atoms with van der Waals surface area (Å²) >= 11 is 6.21. The number of hydrogen-bond donors (Lipinski definition) is 2. The fraction of sp³-hybridized carbons (Fsp3) is 0.345.